The fourth-order valence-corrected chi connectivity index (χ4v) is 4.86. The molecule has 0 aromatic carbocycles. The van der Waals surface area contributed by atoms with E-state index in [0.717, 1.165) is 57.8 Å². The molecule has 0 rings (SSSR count). The third-order valence-corrected chi connectivity index (χ3v) is 7.64. The van der Waals surface area contributed by atoms with Crippen molar-refractivity contribution in [1.82, 2.24) is 21.3 Å². The second-order valence-corrected chi connectivity index (χ2v) is 12.4. The molecule has 0 fully saturated rings. The van der Waals surface area contributed by atoms with E-state index in [-0.39, 0.29) is 29.4 Å². The number of unbranched alkanes of at least 4 members (excludes halogenated alkanes) is 8. The molecule has 0 heterocycles. The van der Waals surface area contributed by atoms with E-state index in [2.05, 4.69) is 49.0 Å². The fraction of sp³-hybridized carbons (Fsp3) is 0.853. The zero-order valence-corrected chi connectivity index (χ0v) is 28.1. The molecule has 250 valence electrons. The molecule has 0 aliphatic carbocycles. The first-order chi connectivity index (χ1) is 20.6. The van der Waals surface area contributed by atoms with Crippen LogP contribution in [0.1, 0.15) is 157 Å². The molecule has 4 N–H and O–H groups in total. The first-order valence-electron chi connectivity index (χ1n) is 17.2. The second kappa shape index (κ2) is 27.1. The molecule has 0 saturated heterocycles. The van der Waals surface area contributed by atoms with E-state index in [1.165, 1.54) is 19.8 Å². The van der Waals surface area contributed by atoms with Crippen LogP contribution < -0.4 is 21.3 Å². The summed E-state index contributed by atoms with van der Waals surface area (Å²) in [6.45, 7) is 11.0. The Balaban J connectivity index is 4.83. The van der Waals surface area contributed by atoms with Gasteiger partial charge in [-0.15, -0.1) is 0 Å². The van der Waals surface area contributed by atoms with Gasteiger partial charge in [0.25, 0.3) is 0 Å². The van der Waals surface area contributed by atoms with Crippen molar-refractivity contribution in [3.8, 4) is 0 Å². The highest BCUT2D eigenvalue weighted by molar-refractivity contribution is 5.92. The van der Waals surface area contributed by atoms with Gasteiger partial charge >= 0.3 is 0 Å². The van der Waals surface area contributed by atoms with Gasteiger partial charge in [-0.2, -0.15) is 0 Å². The summed E-state index contributed by atoms with van der Waals surface area (Å²) in [6.07, 6.45) is 15.4. The number of hydrogen-bond donors (Lipinski definition) is 4. The minimum Gasteiger partial charge on any atom is -0.356 e. The van der Waals surface area contributed by atoms with Crippen molar-refractivity contribution < 1.29 is 24.0 Å². The quantitative estimate of drug-likeness (QED) is 0.0823. The minimum absolute atomic E-state index is 0.0143. The van der Waals surface area contributed by atoms with Gasteiger partial charge < -0.3 is 21.3 Å². The summed E-state index contributed by atoms with van der Waals surface area (Å²) < 4.78 is 0. The Morgan fingerprint density at radius 1 is 0.512 bits per heavy atom. The topological polar surface area (TPSA) is 133 Å². The van der Waals surface area contributed by atoms with Crippen LogP contribution in [-0.2, 0) is 24.0 Å². The monoisotopic (exact) mass is 608 g/mol. The molecular formula is C34H64N4O5. The van der Waals surface area contributed by atoms with Gasteiger partial charge in [0.05, 0.1) is 6.04 Å². The second-order valence-electron chi connectivity index (χ2n) is 12.4. The number of hydrogen-bond acceptors (Lipinski definition) is 5. The van der Waals surface area contributed by atoms with Crippen molar-refractivity contribution in [3.05, 3.63) is 0 Å². The summed E-state index contributed by atoms with van der Waals surface area (Å²) in [5.74, 6) is -0.0341. The van der Waals surface area contributed by atoms with Gasteiger partial charge in [0.1, 0.15) is 6.04 Å². The van der Waals surface area contributed by atoms with Crippen molar-refractivity contribution >= 4 is 29.4 Å². The van der Waals surface area contributed by atoms with E-state index in [9.17, 15) is 24.0 Å². The van der Waals surface area contributed by atoms with Crippen molar-refractivity contribution in [3.63, 3.8) is 0 Å². The molecule has 0 aliphatic heterocycles. The molecule has 0 spiro atoms. The normalized spacial score (nSPS) is 12.4. The summed E-state index contributed by atoms with van der Waals surface area (Å²) in [4.78, 5) is 62.3. The molecule has 2 unspecified atom stereocenters. The summed E-state index contributed by atoms with van der Waals surface area (Å²) in [7, 11) is 0. The fourth-order valence-electron chi connectivity index (χ4n) is 4.86. The van der Waals surface area contributed by atoms with Gasteiger partial charge in [-0.3, -0.25) is 24.0 Å². The van der Waals surface area contributed by atoms with E-state index >= 15 is 0 Å². The highest BCUT2D eigenvalue weighted by atomic mass is 16.2. The average molecular weight is 609 g/mol. The Morgan fingerprint density at radius 2 is 1.00 bits per heavy atom. The summed E-state index contributed by atoms with van der Waals surface area (Å²) >= 11 is 0. The van der Waals surface area contributed by atoms with Gasteiger partial charge in [0.15, 0.2) is 5.78 Å². The van der Waals surface area contributed by atoms with Gasteiger partial charge in [-0.1, -0.05) is 79.1 Å². The Labute approximate surface area is 262 Å². The van der Waals surface area contributed by atoms with Crippen molar-refractivity contribution in [2.45, 2.75) is 169 Å². The van der Waals surface area contributed by atoms with Crippen LogP contribution in [-0.4, -0.2) is 54.6 Å². The Kier molecular flexibility index (Phi) is 25.6. The minimum atomic E-state index is -0.771. The van der Waals surface area contributed by atoms with E-state index < -0.39 is 12.1 Å². The number of Topliss-reactive ketones (excluding diaryl/α,β-unsaturated/α-hetero) is 1. The van der Waals surface area contributed by atoms with Crippen LogP contribution in [0.3, 0.4) is 0 Å². The van der Waals surface area contributed by atoms with Gasteiger partial charge in [0, 0.05) is 32.4 Å². The molecule has 0 saturated carbocycles. The Morgan fingerprint density at radius 3 is 1.60 bits per heavy atom. The first kappa shape index (κ1) is 40.5. The van der Waals surface area contributed by atoms with E-state index in [1.807, 2.05) is 0 Å². The van der Waals surface area contributed by atoms with Crippen LogP contribution >= 0.6 is 0 Å². The molecule has 0 aromatic rings. The maximum atomic E-state index is 13.2. The van der Waals surface area contributed by atoms with Crippen molar-refractivity contribution in [2.75, 3.05) is 13.1 Å². The predicted molar refractivity (Wildman–Crippen MR) is 174 cm³/mol. The van der Waals surface area contributed by atoms with E-state index in [4.69, 9.17) is 0 Å². The molecule has 0 aliphatic rings. The third-order valence-electron chi connectivity index (χ3n) is 7.64. The molecule has 9 nitrogen and oxygen atoms in total. The lowest BCUT2D eigenvalue weighted by atomic mass is 10.0. The summed E-state index contributed by atoms with van der Waals surface area (Å²) in [6, 6.07) is -1.42. The van der Waals surface area contributed by atoms with Crippen LogP contribution in [0.5, 0.6) is 0 Å². The van der Waals surface area contributed by atoms with Gasteiger partial charge in [0.2, 0.25) is 23.6 Å². The molecule has 4 amide bonds. The number of carbonyl (C=O) groups is 5. The molecular weight excluding hydrogens is 544 g/mol. The van der Waals surface area contributed by atoms with Gasteiger partial charge in [-0.05, 0) is 64.2 Å². The number of rotatable bonds is 28. The zero-order chi connectivity index (χ0) is 32.3. The smallest absolute Gasteiger partial charge is 0.243 e. The SMILES string of the molecule is CCCCCCCC(=O)NCCCC(NC(=O)CCCCC(C)C)C(=O)NC(CCCCNC(=O)CCCCC)C(C)=O. The lowest BCUT2D eigenvalue weighted by molar-refractivity contribution is -0.131. The highest BCUT2D eigenvalue weighted by Gasteiger charge is 2.25. The summed E-state index contributed by atoms with van der Waals surface area (Å²) in [5.41, 5.74) is 0. The average Bonchev–Trinajstić information content (AvgIpc) is 2.95. The molecule has 0 bridgehead atoms. The number of amides is 4. The van der Waals surface area contributed by atoms with Crippen LogP contribution in [0.15, 0.2) is 0 Å². The van der Waals surface area contributed by atoms with Crippen LogP contribution in [0.25, 0.3) is 0 Å². The Hall–Kier alpha value is -2.45. The predicted octanol–water partition coefficient (Wildman–Crippen LogP) is 5.89. The number of nitrogens with one attached hydrogen (secondary N) is 4. The van der Waals surface area contributed by atoms with Crippen LogP contribution in [0.2, 0.25) is 0 Å². The highest BCUT2D eigenvalue weighted by Crippen LogP contribution is 2.10. The van der Waals surface area contributed by atoms with Crippen LogP contribution in [0.4, 0.5) is 0 Å². The van der Waals surface area contributed by atoms with Gasteiger partial charge in [-0.25, -0.2) is 0 Å². The van der Waals surface area contributed by atoms with Crippen molar-refractivity contribution in [1.29, 1.82) is 0 Å². The van der Waals surface area contributed by atoms with E-state index in [0.29, 0.717) is 70.4 Å². The lowest BCUT2D eigenvalue weighted by Gasteiger charge is -2.22. The first-order valence-corrected chi connectivity index (χ1v) is 17.2. The molecule has 2 atom stereocenters. The van der Waals surface area contributed by atoms with Crippen LogP contribution in [0, 0.1) is 5.92 Å². The van der Waals surface area contributed by atoms with E-state index in [1.54, 1.807) is 0 Å². The van der Waals surface area contributed by atoms with Crippen molar-refractivity contribution in [2.24, 2.45) is 5.92 Å². The standard InChI is InChI=1S/C34H64N4O5/c1-6-8-10-11-13-23-32(41)36-26-18-21-30(37-33(42)24-15-14-19-27(3)4)34(43)38-29(28(5)39)20-16-17-25-35-31(40)22-12-9-7-2/h27,29-30H,6-26H2,1-5H3,(H,35,40)(H,36,41)(H,37,42)(H,38,43). The molecule has 43 heavy (non-hydrogen) atoms. The number of carbonyl (C=O) groups excluding carboxylic acids is 5. The molecule has 0 radical (unpaired) electrons. The zero-order valence-electron chi connectivity index (χ0n) is 28.1. The molecule has 9 heteroatoms. The lowest BCUT2D eigenvalue weighted by Crippen LogP contribution is -2.51. The maximum absolute atomic E-state index is 13.2. The third kappa shape index (κ3) is 24.7. The number of ketones is 1. The maximum Gasteiger partial charge on any atom is 0.243 e. The summed E-state index contributed by atoms with van der Waals surface area (Å²) in [5, 5.41) is 11.6. The molecule has 0 aromatic heterocycles. The Bertz CT molecular complexity index is 787. The largest absolute Gasteiger partial charge is 0.356 e.